The van der Waals surface area contributed by atoms with Gasteiger partial charge in [-0.3, -0.25) is 4.79 Å². The molecule has 0 heterocycles. The summed E-state index contributed by atoms with van der Waals surface area (Å²) in [5.74, 6) is -1.44. The van der Waals surface area contributed by atoms with Crippen molar-refractivity contribution in [2.75, 3.05) is 24.3 Å². The predicted octanol–water partition coefficient (Wildman–Crippen LogP) is 3.99. The van der Waals surface area contributed by atoms with Crippen LogP contribution < -0.4 is 15.4 Å². The summed E-state index contributed by atoms with van der Waals surface area (Å²) in [6, 6.07) is 6.35. The van der Waals surface area contributed by atoms with Gasteiger partial charge < -0.3 is 15.4 Å². The van der Waals surface area contributed by atoms with Gasteiger partial charge in [0.25, 0.3) is 0 Å². The Kier molecular flexibility index (Phi) is 5.39. The van der Waals surface area contributed by atoms with E-state index in [1.807, 2.05) is 0 Å². The van der Waals surface area contributed by atoms with Crippen LogP contribution in [0.5, 0.6) is 5.75 Å². The Hall–Kier alpha value is -2.34. The van der Waals surface area contributed by atoms with Crippen molar-refractivity contribution in [2.24, 2.45) is 0 Å². The molecular formula is C16H15ClF2N2O2. The topological polar surface area (TPSA) is 50.4 Å². The molecule has 0 atom stereocenters. The largest absolute Gasteiger partial charge is 0.495 e. The number of carbonyl (C=O) groups excluding carboxylic acids is 1. The minimum Gasteiger partial charge on any atom is -0.495 e. The molecule has 0 aliphatic rings. The number of halogens is 3. The second-order valence-corrected chi connectivity index (χ2v) is 5.23. The van der Waals surface area contributed by atoms with E-state index in [4.69, 9.17) is 16.3 Å². The summed E-state index contributed by atoms with van der Waals surface area (Å²) in [4.78, 5) is 12.0. The van der Waals surface area contributed by atoms with Crippen molar-refractivity contribution in [1.82, 2.24) is 0 Å². The molecule has 0 radical (unpaired) electrons. The Balaban J connectivity index is 2.04. The van der Waals surface area contributed by atoms with Gasteiger partial charge in [0.05, 0.1) is 25.0 Å². The summed E-state index contributed by atoms with van der Waals surface area (Å²) in [6.45, 7) is 1.61. The van der Waals surface area contributed by atoms with Crippen molar-refractivity contribution < 1.29 is 18.3 Å². The summed E-state index contributed by atoms with van der Waals surface area (Å²) in [5.41, 5.74) is 1.28. The first-order valence-corrected chi connectivity index (χ1v) is 7.11. The zero-order valence-electron chi connectivity index (χ0n) is 12.5. The highest BCUT2D eigenvalue weighted by Crippen LogP contribution is 2.30. The summed E-state index contributed by atoms with van der Waals surface area (Å²) < 4.78 is 31.4. The van der Waals surface area contributed by atoms with Crippen LogP contribution in [0.2, 0.25) is 5.02 Å². The van der Waals surface area contributed by atoms with E-state index in [-0.39, 0.29) is 12.2 Å². The van der Waals surface area contributed by atoms with Crippen molar-refractivity contribution in [3.05, 3.63) is 52.6 Å². The molecule has 0 saturated carbocycles. The van der Waals surface area contributed by atoms with Crippen LogP contribution in [-0.4, -0.2) is 19.6 Å². The predicted molar refractivity (Wildman–Crippen MR) is 86.2 cm³/mol. The number of amides is 1. The van der Waals surface area contributed by atoms with E-state index in [1.165, 1.54) is 13.2 Å². The molecule has 1 amide bonds. The lowest BCUT2D eigenvalue weighted by atomic mass is 10.2. The monoisotopic (exact) mass is 340 g/mol. The average Bonchev–Trinajstić information content (AvgIpc) is 2.49. The van der Waals surface area contributed by atoms with Crippen LogP contribution in [-0.2, 0) is 4.79 Å². The van der Waals surface area contributed by atoms with Crippen molar-refractivity contribution in [3.63, 3.8) is 0 Å². The third-order valence-corrected chi connectivity index (χ3v) is 3.53. The molecule has 0 bridgehead atoms. The third kappa shape index (κ3) is 4.32. The lowest BCUT2D eigenvalue weighted by Gasteiger charge is -2.13. The number of benzene rings is 2. The van der Waals surface area contributed by atoms with Crippen LogP contribution >= 0.6 is 11.6 Å². The number of methoxy groups -OCH3 is 1. The van der Waals surface area contributed by atoms with Gasteiger partial charge in [-0.15, -0.1) is 0 Å². The Morgan fingerprint density at radius 1 is 1.22 bits per heavy atom. The average molecular weight is 341 g/mol. The van der Waals surface area contributed by atoms with E-state index in [2.05, 4.69) is 10.6 Å². The van der Waals surface area contributed by atoms with Gasteiger partial charge in [-0.05, 0) is 30.7 Å². The molecule has 2 aromatic carbocycles. The molecule has 0 fully saturated rings. The van der Waals surface area contributed by atoms with Crippen molar-refractivity contribution >= 4 is 28.9 Å². The van der Waals surface area contributed by atoms with Gasteiger partial charge in [-0.2, -0.15) is 0 Å². The van der Waals surface area contributed by atoms with Gasteiger partial charge in [0, 0.05) is 17.2 Å². The first-order valence-electron chi connectivity index (χ1n) is 6.73. The molecular weight excluding hydrogens is 326 g/mol. The Labute approximate surface area is 137 Å². The van der Waals surface area contributed by atoms with Gasteiger partial charge in [-0.25, -0.2) is 8.78 Å². The molecule has 2 N–H and O–H groups in total. The standard InChI is InChI=1S/C16H15ClF2N2O2/c1-9-5-14(15(23-2)7-11(9)17)21-16(22)8-20-13-4-3-10(18)6-12(13)19/h3-7,20H,8H2,1-2H3,(H,21,22). The molecule has 0 aliphatic carbocycles. The molecule has 2 aromatic rings. The zero-order valence-corrected chi connectivity index (χ0v) is 13.3. The quantitative estimate of drug-likeness (QED) is 0.865. The molecule has 0 aliphatic heterocycles. The first kappa shape index (κ1) is 17.0. The summed E-state index contributed by atoms with van der Waals surface area (Å²) in [7, 11) is 1.46. The number of nitrogens with one attached hydrogen (secondary N) is 2. The van der Waals surface area contributed by atoms with Crippen LogP contribution in [0.25, 0.3) is 0 Å². The molecule has 4 nitrogen and oxygen atoms in total. The molecule has 2 rings (SSSR count). The summed E-state index contributed by atoms with van der Waals surface area (Å²) in [6.07, 6.45) is 0. The van der Waals surface area contributed by atoms with Gasteiger partial charge in [-0.1, -0.05) is 11.6 Å². The van der Waals surface area contributed by atoms with Crippen molar-refractivity contribution in [1.29, 1.82) is 0 Å². The second kappa shape index (κ2) is 7.28. The van der Waals surface area contributed by atoms with Gasteiger partial charge >= 0.3 is 0 Å². The highest BCUT2D eigenvalue weighted by molar-refractivity contribution is 6.31. The highest BCUT2D eigenvalue weighted by atomic mass is 35.5. The maximum atomic E-state index is 13.5. The van der Waals surface area contributed by atoms with E-state index < -0.39 is 17.5 Å². The van der Waals surface area contributed by atoms with E-state index in [0.717, 1.165) is 17.7 Å². The number of hydrogen-bond acceptors (Lipinski definition) is 3. The van der Waals surface area contributed by atoms with E-state index in [0.29, 0.717) is 16.5 Å². The van der Waals surface area contributed by atoms with Crippen LogP contribution in [0, 0.1) is 18.6 Å². The molecule has 23 heavy (non-hydrogen) atoms. The number of rotatable bonds is 5. The molecule has 0 unspecified atom stereocenters. The van der Waals surface area contributed by atoms with E-state index in [1.54, 1.807) is 19.1 Å². The highest BCUT2D eigenvalue weighted by Gasteiger charge is 2.11. The maximum absolute atomic E-state index is 13.5. The smallest absolute Gasteiger partial charge is 0.243 e. The zero-order chi connectivity index (χ0) is 17.0. The Bertz CT molecular complexity index is 738. The van der Waals surface area contributed by atoms with Crippen LogP contribution in [0.4, 0.5) is 20.2 Å². The first-order chi connectivity index (χ1) is 10.9. The Morgan fingerprint density at radius 3 is 2.61 bits per heavy atom. The van der Waals surface area contributed by atoms with E-state index >= 15 is 0 Å². The Morgan fingerprint density at radius 2 is 1.96 bits per heavy atom. The van der Waals surface area contributed by atoms with Crippen molar-refractivity contribution in [2.45, 2.75) is 6.92 Å². The van der Waals surface area contributed by atoms with Crippen LogP contribution in [0.15, 0.2) is 30.3 Å². The molecule has 122 valence electrons. The lowest BCUT2D eigenvalue weighted by Crippen LogP contribution is -2.22. The number of anilines is 2. The van der Waals surface area contributed by atoms with Crippen molar-refractivity contribution in [3.8, 4) is 5.75 Å². The number of carbonyl (C=O) groups is 1. The molecule has 0 saturated heterocycles. The normalized spacial score (nSPS) is 10.3. The third-order valence-electron chi connectivity index (χ3n) is 3.13. The number of hydrogen-bond donors (Lipinski definition) is 2. The lowest BCUT2D eigenvalue weighted by molar-refractivity contribution is -0.114. The minimum atomic E-state index is -0.766. The number of ether oxygens (including phenoxy) is 1. The second-order valence-electron chi connectivity index (χ2n) is 4.83. The summed E-state index contributed by atoms with van der Waals surface area (Å²) in [5, 5.41) is 5.77. The summed E-state index contributed by atoms with van der Waals surface area (Å²) >= 11 is 6.00. The SMILES string of the molecule is COc1cc(Cl)c(C)cc1NC(=O)CNc1ccc(F)cc1F. The molecule has 7 heteroatoms. The van der Waals surface area contributed by atoms with Gasteiger partial charge in [0.1, 0.15) is 17.4 Å². The van der Waals surface area contributed by atoms with Crippen LogP contribution in [0.3, 0.4) is 0 Å². The fourth-order valence-corrected chi connectivity index (χ4v) is 2.09. The number of aryl methyl sites for hydroxylation is 1. The fraction of sp³-hybridized carbons (Fsp3) is 0.188. The maximum Gasteiger partial charge on any atom is 0.243 e. The van der Waals surface area contributed by atoms with E-state index in [9.17, 15) is 13.6 Å². The minimum absolute atomic E-state index is 0.0424. The molecule has 0 aromatic heterocycles. The van der Waals surface area contributed by atoms with Crippen LogP contribution in [0.1, 0.15) is 5.56 Å². The molecule has 0 spiro atoms. The van der Waals surface area contributed by atoms with Gasteiger partial charge in [0.2, 0.25) is 5.91 Å². The fourth-order valence-electron chi connectivity index (χ4n) is 1.93. The van der Waals surface area contributed by atoms with Gasteiger partial charge in [0.15, 0.2) is 0 Å².